The maximum absolute atomic E-state index is 11.9. The predicted octanol–water partition coefficient (Wildman–Crippen LogP) is 3.18. The van der Waals surface area contributed by atoms with E-state index in [9.17, 15) is 13.2 Å². The molecule has 0 aliphatic heterocycles. The van der Waals surface area contributed by atoms with Gasteiger partial charge in [0.15, 0.2) is 5.84 Å². The van der Waals surface area contributed by atoms with Gasteiger partial charge in [-0.2, -0.15) is 13.2 Å². The highest BCUT2D eigenvalue weighted by molar-refractivity contribution is 9.10. The number of thioether (sulfide) groups is 1. The lowest BCUT2D eigenvalue weighted by atomic mass is 10.2. The fourth-order valence-electron chi connectivity index (χ4n) is 1.19. The largest absolute Gasteiger partial charge is 0.492 e. The number of ether oxygens (including phenoxy) is 1. The van der Waals surface area contributed by atoms with Crippen LogP contribution >= 0.6 is 27.7 Å². The third kappa shape index (κ3) is 5.60. The fourth-order valence-corrected chi connectivity index (χ4v) is 1.95. The van der Waals surface area contributed by atoms with Crippen LogP contribution in [0.2, 0.25) is 0 Å². The van der Waals surface area contributed by atoms with Gasteiger partial charge in [0.1, 0.15) is 5.75 Å². The van der Waals surface area contributed by atoms with Crippen LogP contribution in [0.3, 0.4) is 0 Å². The van der Waals surface area contributed by atoms with Crippen LogP contribution in [0, 0.1) is 0 Å². The van der Waals surface area contributed by atoms with Crippen molar-refractivity contribution in [2.45, 2.75) is 5.51 Å². The molecule has 0 atom stereocenters. The van der Waals surface area contributed by atoms with E-state index in [0.29, 0.717) is 10.0 Å². The average Bonchev–Trinajstić information content (AvgIpc) is 2.33. The molecule has 1 aromatic rings. The van der Waals surface area contributed by atoms with Crippen LogP contribution in [0.15, 0.2) is 27.8 Å². The van der Waals surface area contributed by atoms with Gasteiger partial charge in [0.25, 0.3) is 0 Å². The summed E-state index contributed by atoms with van der Waals surface area (Å²) in [5.74, 6) is -0.170. The lowest BCUT2D eigenvalue weighted by molar-refractivity contribution is -0.0329. The Hall–Kier alpha value is -1.09. The fraction of sp³-hybridized carbons (Fsp3) is 0.300. The van der Waals surface area contributed by atoms with Gasteiger partial charge in [-0.3, -0.25) is 0 Å². The highest BCUT2D eigenvalue weighted by Crippen LogP contribution is 2.30. The number of rotatable bonds is 5. The van der Waals surface area contributed by atoms with Crippen LogP contribution < -0.4 is 10.5 Å². The van der Waals surface area contributed by atoms with Gasteiger partial charge in [0, 0.05) is 10.2 Å². The van der Waals surface area contributed by atoms with Crippen LogP contribution in [0.1, 0.15) is 5.56 Å². The Morgan fingerprint density at radius 2 is 2.16 bits per heavy atom. The second kappa shape index (κ2) is 6.90. The topological polar surface area (TPSA) is 67.8 Å². The first kappa shape index (κ1) is 16.0. The lowest BCUT2D eigenvalue weighted by Gasteiger charge is -2.11. The van der Waals surface area contributed by atoms with Crippen molar-refractivity contribution in [3.05, 3.63) is 28.2 Å². The zero-order valence-electron chi connectivity index (χ0n) is 9.45. The van der Waals surface area contributed by atoms with E-state index < -0.39 is 5.51 Å². The van der Waals surface area contributed by atoms with Gasteiger partial charge in [-0.05, 0) is 30.0 Å². The van der Waals surface area contributed by atoms with Crippen molar-refractivity contribution >= 4 is 33.5 Å². The molecular formula is C10H10BrF3N2O2S. The van der Waals surface area contributed by atoms with Crippen LogP contribution in [-0.2, 0) is 0 Å². The Kier molecular flexibility index (Phi) is 5.80. The van der Waals surface area contributed by atoms with Crippen LogP contribution in [0.4, 0.5) is 13.2 Å². The number of hydrogen-bond acceptors (Lipinski definition) is 4. The van der Waals surface area contributed by atoms with Crippen molar-refractivity contribution in [1.29, 1.82) is 0 Å². The molecule has 9 heteroatoms. The third-order valence-electron chi connectivity index (χ3n) is 1.93. The van der Waals surface area contributed by atoms with E-state index in [4.69, 9.17) is 15.7 Å². The van der Waals surface area contributed by atoms with Crippen molar-refractivity contribution in [2.75, 3.05) is 12.4 Å². The minimum atomic E-state index is -4.28. The molecule has 0 bridgehead atoms. The number of halogens is 4. The first-order valence-corrected chi connectivity index (χ1v) is 6.72. The van der Waals surface area contributed by atoms with E-state index in [-0.39, 0.29) is 35.7 Å². The van der Waals surface area contributed by atoms with Gasteiger partial charge in [0.2, 0.25) is 0 Å². The van der Waals surface area contributed by atoms with Crippen molar-refractivity contribution in [3.63, 3.8) is 0 Å². The van der Waals surface area contributed by atoms with Gasteiger partial charge < -0.3 is 15.7 Å². The molecule has 0 saturated heterocycles. The predicted molar refractivity (Wildman–Crippen MR) is 70.7 cm³/mol. The highest BCUT2D eigenvalue weighted by atomic mass is 79.9. The average molecular weight is 359 g/mol. The standard InChI is InChI=1S/C10H10BrF3N2O2S/c11-6-1-2-8(7(5-6)9(15)16-17)18-3-4-19-10(12,13)14/h1-2,5,17H,3-4H2,(H2,15,16). The maximum atomic E-state index is 11.9. The molecule has 4 nitrogen and oxygen atoms in total. The Bertz CT molecular complexity index is 469. The molecule has 0 aromatic heterocycles. The van der Waals surface area contributed by atoms with Gasteiger partial charge in [-0.25, -0.2) is 0 Å². The first-order valence-electron chi connectivity index (χ1n) is 4.94. The number of benzene rings is 1. The van der Waals surface area contributed by atoms with Gasteiger partial charge >= 0.3 is 5.51 Å². The number of hydrogen-bond donors (Lipinski definition) is 2. The molecule has 0 saturated carbocycles. The minimum Gasteiger partial charge on any atom is -0.492 e. The monoisotopic (exact) mass is 358 g/mol. The Morgan fingerprint density at radius 1 is 1.47 bits per heavy atom. The summed E-state index contributed by atoms with van der Waals surface area (Å²) in [5, 5.41) is 11.5. The molecule has 0 heterocycles. The second-order valence-electron chi connectivity index (χ2n) is 3.27. The van der Waals surface area contributed by atoms with E-state index in [2.05, 4.69) is 21.1 Å². The summed E-state index contributed by atoms with van der Waals surface area (Å²) >= 11 is 3.03. The van der Waals surface area contributed by atoms with E-state index in [0.717, 1.165) is 0 Å². The maximum Gasteiger partial charge on any atom is 0.441 e. The summed E-state index contributed by atoms with van der Waals surface area (Å²) < 4.78 is 41.6. The minimum absolute atomic E-state index is 0.141. The number of alkyl halides is 3. The Balaban J connectivity index is 2.68. The molecule has 0 radical (unpaired) electrons. The summed E-state index contributed by atoms with van der Waals surface area (Å²) in [6.45, 7) is -0.141. The smallest absolute Gasteiger partial charge is 0.441 e. The molecule has 0 fully saturated rings. The van der Waals surface area contributed by atoms with E-state index >= 15 is 0 Å². The number of amidine groups is 1. The molecule has 0 aliphatic carbocycles. The summed E-state index contributed by atoms with van der Waals surface area (Å²) in [6, 6.07) is 4.71. The van der Waals surface area contributed by atoms with Crippen LogP contribution in [0.5, 0.6) is 5.75 Å². The lowest BCUT2D eigenvalue weighted by Crippen LogP contribution is -2.16. The molecule has 19 heavy (non-hydrogen) atoms. The molecule has 1 rings (SSSR count). The summed E-state index contributed by atoms with van der Waals surface area (Å²) in [7, 11) is 0. The molecule has 3 N–H and O–H groups in total. The summed E-state index contributed by atoms with van der Waals surface area (Å²) in [5.41, 5.74) is 1.47. The zero-order chi connectivity index (χ0) is 14.5. The summed E-state index contributed by atoms with van der Waals surface area (Å²) in [4.78, 5) is 0. The van der Waals surface area contributed by atoms with E-state index in [1.807, 2.05) is 0 Å². The van der Waals surface area contributed by atoms with Crippen molar-refractivity contribution in [2.24, 2.45) is 10.9 Å². The molecule has 0 aliphatic rings. The van der Waals surface area contributed by atoms with Crippen LogP contribution in [-0.4, -0.2) is 28.9 Å². The summed E-state index contributed by atoms with van der Waals surface area (Å²) in [6.07, 6.45) is 0. The normalized spacial score (nSPS) is 12.5. The van der Waals surface area contributed by atoms with E-state index in [1.165, 1.54) is 6.07 Å². The number of nitrogens with zero attached hydrogens (tertiary/aromatic N) is 1. The van der Waals surface area contributed by atoms with Crippen molar-refractivity contribution < 1.29 is 23.1 Å². The molecule has 0 spiro atoms. The molecule has 0 amide bonds. The van der Waals surface area contributed by atoms with Gasteiger partial charge in [-0.15, -0.1) is 0 Å². The molecule has 106 valence electrons. The van der Waals surface area contributed by atoms with Gasteiger partial charge in [0.05, 0.1) is 12.2 Å². The van der Waals surface area contributed by atoms with E-state index in [1.54, 1.807) is 12.1 Å². The Labute approximate surface area is 119 Å². The first-order chi connectivity index (χ1) is 8.83. The molecule has 0 unspecified atom stereocenters. The number of nitrogens with two attached hydrogens (primary N) is 1. The number of oxime groups is 1. The quantitative estimate of drug-likeness (QED) is 0.279. The van der Waals surface area contributed by atoms with Crippen molar-refractivity contribution in [1.82, 2.24) is 0 Å². The zero-order valence-corrected chi connectivity index (χ0v) is 11.8. The van der Waals surface area contributed by atoms with Gasteiger partial charge in [-0.1, -0.05) is 21.1 Å². The molecule has 1 aromatic carbocycles. The Morgan fingerprint density at radius 3 is 2.74 bits per heavy atom. The highest BCUT2D eigenvalue weighted by Gasteiger charge is 2.27. The van der Waals surface area contributed by atoms with Crippen LogP contribution in [0.25, 0.3) is 0 Å². The second-order valence-corrected chi connectivity index (χ2v) is 5.34. The SMILES string of the molecule is N/C(=N/O)c1cc(Br)ccc1OCCSC(F)(F)F. The van der Waals surface area contributed by atoms with Crippen molar-refractivity contribution in [3.8, 4) is 5.75 Å². The third-order valence-corrected chi connectivity index (χ3v) is 3.12. The molecular weight excluding hydrogens is 349 g/mol.